The molecule has 0 aromatic heterocycles. The van der Waals surface area contributed by atoms with Gasteiger partial charge in [0.05, 0.1) is 0 Å². The predicted octanol–water partition coefficient (Wildman–Crippen LogP) is 4.94. The maximum absolute atomic E-state index is 6.15. The Morgan fingerprint density at radius 3 is 2.44 bits per heavy atom. The first-order valence-corrected chi connectivity index (χ1v) is 9.20. The summed E-state index contributed by atoms with van der Waals surface area (Å²) in [5.41, 5.74) is 3.34. The molecule has 0 fully saturated rings. The third-order valence-corrected chi connectivity index (χ3v) is 4.74. The lowest BCUT2D eigenvalue weighted by atomic mass is 10.2. The third kappa shape index (κ3) is 4.54. The molecule has 0 aliphatic carbocycles. The normalized spacial score (nSPS) is 12.2. The second-order valence-corrected chi connectivity index (χ2v) is 6.72. The Hall–Kier alpha value is -2.69. The van der Waals surface area contributed by atoms with Gasteiger partial charge < -0.3 is 19.5 Å². The number of halogens is 1. The van der Waals surface area contributed by atoms with Crippen LogP contribution < -0.4 is 19.5 Å². The molecule has 1 heterocycles. The lowest BCUT2D eigenvalue weighted by Gasteiger charge is -2.09. The number of nitrogens with one attached hydrogen (secondary N) is 1. The molecule has 138 valence electrons. The largest absolute Gasteiger partial charge is 0.489 e. The summed E-state index contributed by atoms with van der Waals surface area (Å²) < 4.78 is 16.6. The van der Waals surface area contributed by atoms with Crippen LogP contribution in [-0.2, 0) is 19.7 Å². The van der Waals surface area contributed by atoms with Crippen molar-refractivity contribution in [3.63, 3.8) is 0 Å². The highest BCUT2D eigenvalue weighted by atomic mass is 35.5. The van der Waals surface area contributed by atoms with Gasteiger partial charge in [0.15, 0.2) is 11.5 Å². The van der Waals surface area contributed by atoms with Crippen molar-refractivity contribution in [1.29, 1.82) is 0 Å². The molecule has 0 unspecified atom stereocenters. The fourth-order valence-electron chi connectivity index (χ4n) is 2.88. The number of rotatable bonds is 7. The Kier molecular flexibility index (Phi) is 5.47. The van der Waals surface area contributed by atoms with Crippen molar-refractivity contribution in [2.24, 2.45) is 0 Å². The van der Waals surface area contributed by atoms with Crippen molar-refractivity contribution in [2.45, 2.75) is 19.7 Å². The van der Waals surface area contributed by atoms with E-state index >= 15 is 0 Å². The zero-order chi connectivity index (χ0) is 18.5. The summed E-state index contributed by atoms with van der Waals surface area (Å²) >= 11 is 6.15. The molecule has 0 amide bonds. The molecule has 3 aromatic rings. The molecule has 4 nitrogen and oxygen atoms in total. The van der Waals surface area contributed by atoms with E-state index in [0.29, 0.717) is 13.4 Å². The summed E-state index contributed by atoms with van der Waals surface area (Å²) in [7, 11) is 0. The van der Waals surface area contributed by atoms with Gasteiger partial charge in [-0.25, -0.2) is 0 Å². The van der Waals surface area contributed by atoms with E-state index in [1.54, 1.807) is 0 Å². The lowest BCUT2D eigenvalue weighted by molar-refractivity contribution is 0.174. The van der Waals surface area contributed by atoms with Gasteiger partial charge in [-0.1, -0.05) is 48.0 Å². The quantitative estimate of drug-likeness (QED) is 0.629. The first-order valence-electron chi connectivity index (χ1n) is 8.82. The number of ether oxygens (including phenoxy) is 3. The van der Waals surface area contributed by atoms with Gasteiger partial charge in [0.2, 0.25) is 6.79 Å². The summed E-state index contributed by atoms with van der Waals surface area (Å²) in [5.74, 6) is 2.45. The Bertz CT molecular complexity index is 912. The Morgan fingerprint density at radius 2 is 1.59 bits per heavy atom. The number of hydrogen-bond acceptors (Lipinski definition) is 4. The first kappa shape index (κ1) is 17.7. The maximum atomic E-state index is 6.15. The summed E-state index contributed by atoms with van der Waals surface area (Å²) in [6, 6.07) is 21.8. The minimum atomic E-state index is 0.303. The van der Waals surface area contributed by atoms with Crippen LogP contribution >= 0.6 is 11.6 Å². The average Bonchev–Trinajstić information content (AvgIpc) is 3.16. The van der Waals surface area contributed by atoms with E-state index in [1.807, 2.05) is 54.6 Å². The van der Waals surface area contributed by atoms with Gasteiger partial charge in [-0.3, -0.25) is 0 Å². The molecule has 3 aromatic carbocycles. The minimum Gasteiger partial charge on any atom is -0.489 e. The molecule has 0 atom stereocenters. The summed E-state index contributed by atoms with van der Waals surface area (Å²) in [6.45, 7) is 2.30. The van der Waals surface area contributed by atoms with Gasteiger partial charge in [0.25, 0.3) is 0 Å². The van der Waals surface area contributed by atoms with Gasteiger partial charge in [-0.15, -0.1) is 0 Å². The predicted molar refractivity (Wildman–Crippen MR) is 105 cm³/mol. The average molecular weight is 382 g/mol. The molecule has 0 saturated heterocycles. The summed E-state index contributed by atoms with van der Waals surface area (Å²) in [6.07, 6.45) is 0. The third-order valence-electron chi connectivity index (χ3n) is 4.37. The van der Waals surface area contributed by atoms with Crippen molar-refractivity contribution in [3.05, 3.63) is 88.4 Å². The van der Waals surface area contributed by atoms with Crippen LogP contribution in [0, 0.1) is 0 Å². The van der Waals surface area contributed by atoms with E-state index in [1.165, 1.54) is 11.1 Å². The topological polar surface area (TPSA) is 39.7 Å². The molecule has 27 heavy (non-hydrogen) atoms. The van der Waals surface area contributed by atoms with Gasteiger partial charge in [-0.05, 0) is 41.5 Å². The molecule has 0 spiro atoms. The van der Waals surface area contributed by atoms with E-state index in [9.17, 15) is 0 Å². The van der Waals surface area contributed by atoms with Crippen LogP contribution in [0.2, 0.25) is 5.02 Å². The van der Waals surface area contributed by atoms with Crippen molar-refractivity contribution in [2.75, 3.05) is 6.79 Å². The molecular formula is C22H20ClNO3. The number of hydrogen-bond donors (Lipinski definition) is 1. The van der Waals surface area contributed by atoms with Crippen LogP contribution in [0.15, 0.2) is 66.7 Å². The molecule has 4 rings (SSSR count). The van der Waals surface area contributed by atoms with Gasteiger partial charge in [-0.2, -0.15) is 0 Å². The summed E-state index contributed by atoms with van der Waals surface area (Å²) in [5, 5.41) is 4.16. The molecule has 0 saturated carbocycles. The highest BCUT2D eigenvalue weighted by molar-refractivity contribution is 6.31. The van der Waals surface area contributed by atoms with Crippen LogP contribution in [-0.4, -0.2) is 6.79 Å². The summed E-state index contributed by atoms with van der Waals surface area (Å²) in [4.78, 5) is 0. The highest BCUT2D eigenvalue weighted by Crippen LogP contribution is 2.32. The van der Waals surface area contributed by atoms with Crippen LogP contribution in [0.1, 0.15) is 16.7 Å². The zero-order valence-corrected chi connectivity index (χ0v) is 15.5. The fraction of sp³-hybridized carbons (Fsp3) is 0.182. The Morgan fingerprint density at radius 1 is 0.852 bits per heavy atom. The van der Waals surface area contributed by atoms with Gasteiger partial charge >= 0.3 is 0 Å². The minimum absolute atomic E-state index is 0.303. The van der Waals surface area contributed by atoms with Crippen LogP contribution in [0.4, 0.5) is 0 Å². The maximum Gasteiger partial charge on any atom is 0.231 e. The van der Waals surface area contributed by atoms with E-state index < -0.39 is 0 Å². The molecule has 1 aliphatic rings. The second-order valence-electron chi connectivity index (χ2n) is 6.32. The molecule has 0 bridgehead atoms. The lowest BCUT2D eigenvalue weighted by Crippen LogP contribution is -2.12. The number of benzene rings is 3. The smallest absolute Gasteiger partial charge is 0.231 e. The van der Waals surface area contributed by atoms with Gasteiger partial charge in [0.1, 0.15) is 12.4 Å². The Balaban J connectivity index is 1.26. The van der Waals surface area contributed by atoms with E-state index in [0.717, 1.165) is 40.9 Å². The van der Waals surface area contributed by atoms with Crippen molar-refractivity contribution in [1.82, 2.24) is 5.32 Å². The Labute approximate surface area is 163 Å². The molecule has 5 heteroatoms. The van der Waals surface area contributed by atoms with Crippen LogP contribution in [0.5, 0.6) is 17.2 Å². The molecule has 1 N–H and O–H groups in total. The van der Waals surface area contributed by atoms with Crippen molar-refractivity contribution in [3.8, 4) is 17.2 Å². The monoisotopic (exact) mass is 381 g/mol. The second kappa shape index (κ2) is 8.33. The van der Waals surface area contributed by atoms with E-state index in [-0.39, 0.29) is 0 Å². The van der Waals surface area contributed by atoms with E-state index in [4.69, 9.17) is 25.8 Å². The first-order chi connectivity index (χ1) is 13.3. The molecular weight excluding hydrogens is 362 g/mol. The van der Waals surface area contributed by atoms with Crippen molar-refractivity contribution >= 4 is 11.6 Å². The van der Waals surface area contributed by atoms with Crippen LogP contribution in [0.3, 0.4) is 0 Å². The molecule has 1 aliphatic heterocycles. The van der Waals surface area contributed by atoms with Gasteiger partial charge in [0, 0.05) is 23.7 Å². The standard InChI is InChI=1S/C22H20ClNO3/c23-20-4-2-1-3-18(20)14-25-19-8-5-16(6-9-19)12-24-13-17-7-10-21-22(11-17)27-15-26-21/h1-11,24H,12-15H2. The number of fused-ring (bicyclic) bond motifs is 1. The van der Waals surface area contributed by atoms with Crippen LogP contribution in [0.25, 0.3) is 0 Å². The van der Waals surface area contributed by atoms with Crippen molar-refractivity contribution < 1.29 is 14.2 Å². The zero-order valence-electron chi connectivity index (χ0n) is 14.8. The van der Waals surface area contributed by atoms with E-state index in [2.05, 4.69) is 17.4 Å². The highest BCUT2D eigenvalue weighted by Gasteiger charge is 2.12. The SMILES string of the molecule is Clc1ccccc1COc1ccc(CNCc2ccc3c(c2)OCO3)cc1. The molecule has 0 radical (unpaired) electrons. The fourth-order valence-corrected chi connectivity index (χ4v) is 3.07.